The zero-order valence-electron chi connectivity index (χ0n) is 18.4. The molecule has 0 spiro atoms. The SMILES string of the molecule is CCOC(=O)N1CCN(Cc2nc3c(c(=O)[nH]c(=O)n3C)n2CCc2ccccc2)CC1. The molecule has 1 aliphatic heterocycles. The number of hydrogen-bond acceptors (Lipinski definition) is 6. The number of aromatic amines is 1. The van der Waals surface area contributed by atoms with Crippen LogP contribution in [0.4, 0.5) is 4.79 Å². The number of benzene rings is 1. The van der Waals surface area contributed by atoms with Gasteiger partial charge in [0, 0.05) is 39.8 Å². The number of amides is 1. The van der Waals surface area contributed by atoms with Gasteiger partial charge in [0.15, 0.2) is 11.2 Å². The minimum atomic E-state index is -0.482. The van der Waals surface area contributed by atoms with Gasteiger partial charge in [0.1, 0.15) is 5.82 Å². The molecular weight excluding hydrogens is 412 g/mol. The van der Waals surface area contributed by atoms with Gasteiger partial charge in [0.25, 0.3) is 5.56 Å². The molecule has 32 heavy (non-hydrogen) atoms. The van der Waals surface area contributed by atoms with Gasteiger partial charge in [0.2, 0.25) is 0 Å². The average Bonchev–Trinajstić information content (AvgIpc) is 3.16. The molecule has 0 unspecified atom stereocenters. The van der Waals surface area contributed by atoms with Crippen LogP contribution < -0.4 is 11.2 Å². The van der Waals surface area contributed by atoms with E-state index in [1.807, 2.05) is 34.9 Å². The predicted octanol–water partition coefficient (Wildman–Crippen LogP) is 0.940. The first-order valence-corrected chi connectivity index (χ1v) is 10.8. The van der Waals surface area contributed by atoms with Crippen LogP contribution in [0.2, 0.25) is 0 Å². The van der Waals surface area contributed by atoms with E-state index in [4.69, 9.17) is 4.74 Å². The first kappa shape index (κ1) is 21.8. The molecular formula is C22H28N6O4. The zero-order chi connectivity index (χ0) is 22.7. The summed E-state index contributed by atoms with van der Waals surface area (Å²) in [5, 5.41) is 0. The summed E-state index contributed by atoms with van der Waals surface area (Å²) in [5.41, 5.74) is 1.03. The van der Waals surface area contributed by atoms with Crippen LogP contribution >= 0.6 is 0 Å². The molecule has 1 amide bonds. The predicted molar refractivity (Wildman–Crippen MR) is 120 cm³/mol. The van der Waals surface area contributed by atoms with Crippen LogP contribution in [0.25, 0.3) is 11.2 Å². The summed E-state index contributed by atoms with van der Waals surface area (Å²) in [7, 11) is 1.61. The van der Waals surface area contributed by atoms with E-state index in [1.165, 1.54) is 4.57 Å². The summed E-state index contributed by atoms with van der Waals surface area (Å²) in [4.78, 5) is 47.7. The maximum atomic E-state index is 12.7. The van der Waals surface area contributed by atoms with Gasteiger partial charge < -0.3 is 14.2 Å². The quantitative estimate of drug-likeness (QED) is 0.612. The minimum absolute atomic E-state index is 0.288. The van der Waals surface area contributed by atoms with Crippen molar-refractivity contribution in [2.45, 2.75) is 26.4 Å². The second-order valence-corrected chi connectivity index (χ2v) is 7.87. The van der Waals surface area contributed by atoms with E-state index in [0.717, 1.165) is 17.8 Å². The fourth-order valence-electron chi connectivity index (χ4n) is 4.03. The number of H-pyrrole nitrogens is 1. The molecule has 170 valence electrons. The van der Waals surface area contributed by atoms with E-state index in [1.54, 1.807) is 18.9 Å². The van der Waals surface area contributed by atoms with Gasteiger partial charge in [-0.1, -0.05) is 30.3 Å². The van der Waals surface area contributed by atoms with Gasteiger partial charge in [-0.05, 0) is 18.9 Å². The van der Waals surface area contributed by atoms with Crippen LogP contribution in [0.5, 0.6) is 0 Å². The summed E-state index contributed by atoms with van der Waals surface area (Å²) in [6, 6.07) is 10.0. The number of nitrogens with zero attached hydrogens (tertiary/aromatic N) is 5. The molecule has 3 aromatic rings. The molecule has 1 fully saturated rings. The highest BCUT2D eigenvalue weighted by Gasteiger charge is 2.24. The molecule has 0 atom stereocenters. The van der Waals surface area contributed by atoms with Gasteiger partial charge in [-0.2, -0.15) is 0 Å². The summed E-state index contributed by atoms with van der Waals surface area (Å²) >= 11 is 0. The highest BCUT2D eigenvalue weighted by atomic mass is 16.6. The number of aromatic nitrogens is 4. The van der Waals surface area contributed by atoms with Crippen molar-refractivity contribution in [3.05, 3.63) is 62.6 Å². The molecule has 1 N–H and O–H groups in total. The lowest BCUT2D eigenvalue weighted by Gasteiger charge is -2.33. The lowest BCUT2D eigenvalue weighted by Crippen LogP contribution is -2.48. The maximum absolute atomic E-state index is 12.7. The Balaban J connectivity index is 1.60. The van der Waals surface area contributed by atoms with Gasteiger partial charge in [-0.15, -0.1) is 0 Å². The summed E-state index contributed by atoms with van der Waals surface area (Å²) < 4.78 is 8.37. The van der Waals surface area contributed by atoms with Crippen LogP contribution in [0, 0.1) is 0 Å². The van der Waals surface area contributed by atoms with Crippen molar-refractivity contribution >= 4 is 17.3 Å². The Morgan fingerprint density at radius 1 is 1.12 bits per heavy atom. The van der Waals surface area contributed by atoms with Crippen molar-refractivity contribution in [3.8, 4) is 0 Å². The van der Waals surface area contributed by atoms with Crippen LogP contribution in [0.1, 0.15) is 18.3 Å². The molecule has 0 aliphatic carbocycles. The number of nitrogens with one attached hydrogen (secondary N) is 1. The number of ether oxygens (including phenoxy) is 1. The topological polar surface area (TPSA) is 105 Å². The summed E-state index contributed by atoms with van der Waals surface area (Å²) in [6.07, 6.45) is 0.446. The van der Waals surface area contributed by atoms with Gasteiger partial charge in [-0.25, -0.2) is 14.6 Å². The number of aryl methyl sites for hydroxylation is 3. The molecule has 10 nitrogen and oxygen atoms in total. The van der Waals surface area contributed by atoms with Crippen molar-refractivity contribution in [2.75, 3.05) is 32.8 Å². The van der Waals surface area contributed by atoms with Crippen molar-refractivity contribution in [1.82, 2.24) is 28.9 Å². The summed E-state index contributed by atoms with van der Waals surface area (Å²) in [5.74, 6) is 0.729. The molecule has 3 heterocycles. The third kappa shape index (κ3) is 4.45. The van der Waals surface area contributed by atoms with Crippen molar-refractivity contribution in [1.29, 1.82) is 0 Å². The number of hydrogen-bond donors (Lipinski definition) is 1. The number of fused-ring (bicyclic) bond motifs is 1. The Hall–Kier alpha value is -3.40. The van der Waals surface area contributed by atoms with Crippen LogP contribution in [0.15, 0.2) is 39.9 Å². The Bertz CT molecular complexity index is 1200. The lowest BCUT2D eigenvalue weighted by atomic mass is 10.1. The Morgan fingerprint density at radius 2 is 1.84 bits per heavy atom. The zero-order valence-corrected chi connectivity index (χ0v) is 18.4. The smallest absolute Gasteiger partial charge is 0.409 e. The second-order valence-electron chi connectivity index (χ2n) is 7.87. The third-order valence-corrected chi connectivity index (χ3v) is 5.82. The maximum Gasteiger partial charge on any atom is 0.409 e. The van der Waals surface area contributed by atoms with Crippen LogP contribution in [0.3, 0.4) is 0 Å². The first-order valence-electron chi connectivity index (χ1n) is 10.8. The second kappa shape index (κ2) is 9.39. The number of carbonyl (C=O) groups is 1. The monoisotopic (exact) mass is 440 g/mol. The fraction of sp³-hybridized carbons (Fsp3) is 0.455. The highest BCUT2D eigenvalue weighted by molar-refractivity contribution is 5.71. The molecule has 2 aromatic heterocycles. The lowest BCUT2D eigenvalue weighted by molar-refractivity contribution is 0.0769. The van der Waals surface area contributed by atoms with Crippen molar-refractivity contribution in [3.63, 3.8) is 0 Å². The van der Waals surface area contributed by atoms with Crippen molar-refractivity contribution in [2.24, 2.45) is 7.05 Å². The van der Waals surface area contributed by atoms with Crippen LogP contribution in [-0.4, -0.2) is 67.8 Å². The van der Waals surface area contributed by atoms with Crippen LogP contribution in [-0.2, 0) is 31.3 Å². The van der Waals surface area contributed by atoms with E-state index >= 15 is 0 Å². The molecule has 1 aromatic carbocycles. The molecule has 0 saturated carbocycles. The molecule has 1 saturated heterocycles. The normalized spacial score (nSPS) is 14.8. The van der Waals surface area contributed by atoms with Crippen molar-refractivity contribution < 1.29 is 9.53 Å². The first-order chi connectivity index (χ1) is 15.5. The molecule has 4 rings (SSSR count). The van der Waals surface area contributed by atoms with Gasteiger partial charge in [0.05, 0.1) is 13.2 Å². The number of rotatable bonds is 6. The minimum Gasteiger partial charge on any atom is -0.450 e. The average molecular weight is 441 g/mol. The summed E-state index contributed by atoms with van der Waals surface area (Å²) in [6.45, 7) is 5.74. The largest absolute Gasteiger partial charge is 0.450 e. The Labute approximate surface area is 185 Å². The number of imidazole rings is 1. The van der Waals surface area contributed by atoms with E-state index in [-0.39, 0.29) is 6.09 Å². The number of piperazine rings is 1. The van der Waals surface area contributed by atoms with E-state index in [2.05, 4.69) is 14.9 Å². The molecule has 1 aliphatic rings. The molecule has 10 heteroatoms. The van der Waals surface area contributed by atoms with Gasteiger partial charge in [-0.3, -0.25) is 19.2 Å². The highest BCUT2D eigenvalue weighted by Crippen LogP contribution is 2.16. The van der Waals surface area contributed by atoms with E-state index in [0.29, 0.717) is 57.0 Å². The Kier molecular flexibility index (Phi) is 6.40. The third-order valence-electron chi connectivity index (χ3n) is 5.82. The Morgan fingerprint density at radius 3 is 2.53 bits per heavy atom. The number of carbonyl (C=O) groups excluding carboxylic acids is 1. The van der Waals surface area contributed by atoms with E-state index < -0.39 is 11.2 Å². The molecule has 0 bridgehead atoms. The van der Waals surface area contributed by atoms with Gasteiger partial charge >= 0.3 is 11.8 Å². The molecule has 0 radical (unpaired) electrons. The fourth-order valence-corrected chi connectivity index (χ4v) is 4.03. The van der Waals surface area contributed by atoms with E-state index in [9.17, 15) is 14.4 Å². The standard InChI is InChI=1S/C22H28N6O4/c1-3-32-22(31)27-13-11-26(12-14-27)15-17-23-19-18(20(29)24-21(30)25(19)2)28(17)10-9-16-7-5-4-6-8-16/h4-8H,3,9-15H2,1-2H3,(H,24,29,30).